The summed E-state index contributed by atoms with van der Waals surface area (Å²) in [6.45, 7) is 3.66. The number of aromatic nitrogens is 2. The Kier molecular flexibility index (Phi) is 4.43. The van der Waals surface area contributed by atoms with Crippen LogP contribution in [-0.4, -0.2) is 22.4 Å². The second kappa shape index (κ2) is 6.92. The maximum atomic E-state index is 14.1. The number of carbonyl (C=O) groups excluding carboxylic acids is 1. The quantitative estimate of drug-likeness (QED) is 0.496. The highest BCUT2D eigenvalue weighted by Crippen LogP contribution is 2.32. The summed E-state index contributed by atoms with van der Waals surface area (Å²) in [6, 6.07) is 8.30. The van der Waals surface area contributed by atoms with Gasteiger partial charge >= 0.3 is 0 Å². The van der Waals surface area contributed by atoms with Gasteiger partial charge in [0.2, 0.25) is 6.79 Å². The van der Waals surface area contributed by atoms with Gasteiger partial charge in [-0.25, -0.2) is 13.5 Å². The molecule has 7 heteroatoms. The zero-order chi connectivity index (χ0) is 19.8. The summed E-state index contributed by atoms with van der Waals surface area (Å²) in [6.07, 6.45) is 3.07. The number of carbonyl (C=O) groups is 1. The van der Waals surface area contributed by atoms with Gasteiger partial charge in [-0.1, -0.05) is 0 Å². The summed E-state index contributed by atoms with van der Waals surface area (Å²) >= 11 is 0. The molecule has 0 N–H and O–H groups in total. The van der Waals surface area contributed by atoms with Crippen molar-refractivity contribution in [2.45, 2.75) is 13.8 Å². The van der Waals surface area contributed by atoms with Crippen LogP contribution in [0.25, 0.3) is 11.8 Å². The zero-order valence-corrected chi connectivity index (χ0v) is 15.2. The highest BCUT2D eigenvalue weighted by molar-refractivity contribution is 6.07. The second-order valence-corrected chi connectivity index (χ2v) is 6.36. The standard InChI is InChI=1S/C21H16F2N2O3/c1-12-16(13(2)25(24-12)18-6-4-15(22)10-17(18)23)5-7-19(26)14-3-8-20-21(9-14)28-11-27-20/h3-10H,11H2,1-2H3. The maximum absolute atomic E-state index is 14.1. The summed E-state index contributed by atoms with van der Waals surface area (Å²) in [7, 11) is 0. The molecule has 5 nitrogen and oxygen atoms in total. The normalized spacial score (nSPS) is 12.7. The van der Waals surface area contributed by atoms with E-state index in [1.54, 1.807) is 38.1 Å². The lowest BCUT2D eigenvalue weighted by Gasteiger charge is -2.06. The van der Waals surface area contributed by atoms with Crippen LogP contribution >= 0.6 is 0 Å². The molecule has 0 saturated heterocycles. The molecule has 0 radical (unpaired) electrons. The number of ether oxygens (including phenoxy) is 2. The molecule has 1 aliphatic rings. The van der Waals surface area contributed by atoms with Crippen LogP contribution in [0.2, 0.25) is 0 Å². The molecular formula is C21H16F2N2O3. The van der Waals surface area contributed by atoms with Crippen LogP contribution < -0.4 is 9.47 Å². The monoisotopic (exact) mass is 382 g/mol. The lowest BCUT2D eigenvalue weighted by atomic mass is 10.1. The Labute approximate surface area is 159 Å². The minimum absolute atomic E-state index is 0.139. The fourth-order valence-corrected chi connectivity index (χ4v) is 3.09. The van der Waals surface area contributed by atoms with E-state index in [1.807, 2.05) is 0 Å². The van der Waals surface area contributed by atoms with Gasteiger partial charge < -0.3 is 9.47 Å². The third-order valence-electron chi connectivity index (χ3n) is 4.54. The first-order valence-electron chi connectivity index (χ1n) is 8.58. The Morgan fingerprint density at radius 3 is 2.68 bits per heavy atom. The maximum Gasteiger partial charge on any atom is 0.231 e. The molecule has 0 unspecified atom stereocenters. The third-order valence-corrected chi connectivity index (χ3v) is 4.54. The zero-order valence-electron chi connectivity index (χ0n) is 15.2. The molecule has 0 amide bonds. The Balaban J connectivity index is 1.63. The Morgan fingerprint density at radius 1 is 1.11 bits per heavy atom. The van der Waals surface area contributed by atoms with Crippen LogP contribution in [0, 0.1) is 25.5 Å². The summed E-state index contributed by atoms with van der Waals surface area (Å²) in [5.41, 5.74) is 2.56. The summed E-state index contributed by atoms with van der Waals surface area (Å²) < 4.78 is 39.2. The molecule has 28 heavy (non-hydrogen) atoms. The van der Waals surface area contributed by atoms with E-state index in [0.717, 1.165) is 6.07 Å². The van der Waals surface area contributed by atoms with E-state index in [1.165, 1.54) is 22.9 Å². The van der Waals surface area contributed by atoms with Crippen molar-refractivity contribution in [3.63, 3.8) is 0 Å². The van der Waals surface area contributed by atoms with Gasteiger partial charge in [-0.2, -0.15) is 5.10 Å². The molecule has 142 valence electrons. The first kappa shape index (κ1) is 17.9. The average Bonchev–Trinajstić information content (AvgIpc) is 3.24. The summed E-state index contributed by atoms with van der Waals surface area (Å²) in [5.74, 6) is -0.436. The average molecular weight is 382 g/mol. The highest BCUT2D eigenvalue weighted by atomic mass is 19.1. The molecule has 3 aromatic rings. The van der Waals surface area contributed by atoms with Crippen LogP contribution in [-0.2, 0) is 0 Å². The Bertz CT molecular complexity index is 1120. The van der Waals surface area contributed by atoms with Crippen LogP contribution in [0.15, 0.2) is 42.5 Å². The van der Waals surface area contributed by atoms with Gasteiger partial charge in [-0.15, -0.1) is 0 Å². The van der Waals surface area contributed by atoms with E-state index in [9.17, 15) is 13.6 Å². The number of benzene rings is 2. The molecule has 1 aromatic heterocycles. The number of nitrogens with zero attached hydrogens (tertiary/aromatic N) is 2. The van der Waals surface area contributed by atoms with Gasteiger partial charge in [0.15, 0.2) is 23.1 Å². The van der Waals surface area contributed by atoms with Gasteiger partial charge in [0, 0.05) is 22.9 Å². The molecular weight excluding hydrogens is 366 g/mol. The number of allylic oxidation sites excluding steroid dienone is 1. The van der Waals surface area contributed by atoms with Crippen LogP contribution in [0.4, 0.5) is 8.78 Å². The minimum Gasteiger partial charge on any atom is -0.454 e. The Morgan fingerprint density at radius 2 is 1.89 bits per heavy atom. The van der Waals surface area contributed by atoms with Crippen molar-refractivity contribution in [1.82, 2.24) is 9.78 Å². The van der Waals surface area contributed by atoms with Crippen molar-refractivity contribution in [3.8, 4) is 17.2 Å². The number of hydrogen-bond acceptors (Lipinski definition) is 4. The predicted octanol–water partition coefficient (Wildman–Crippen LogP) is 4.39. The van der Waals surface area contributed by atoms with Crippen LogP contribution in [0.5, 0.6) is 11.5 Å². The molecule has 2 heterocycles. The number of rotatable bonds is 4. The van der Waals surface area contributed by atoms with Crippen molar-refractivity contribution >= 4 is 11.9 Å². The van der Waals surface area contributed by atoms with Crippen molar-refractivity contribution in [3.05, 3.63) is 76.6 Å². The summed E-state index contributed by atoms with van der Waals surface area (Å²) in [5, 5.41) is 4.32. The topological polar surface area (TPSA) is 53.4 Å². The van der Waals surface area contributed by atoms with E-state index in [-0.39, 0.29) is 18.3 Å². The SMILES string of the molecule is Cc1nn(-c2ccc(F)cc2F)c(C)c1C=CC(=O)c1ccc2c(c1)OCO2. The molecule has 0 bridgehead atoms. The van der Waals surface area contributed by atoms with Gasteiger partial charge in [-0.05, 0) is 56.3 Å². The molecule has 0 spiro atoms. The van der Waals surface area contributed by atoms with E-state index in [0.29, 0.717) is 34.0 Å². The number of aryl methyl sites for hydroxylation is 1. The molecule has 0 saturated carbocycles. The van der Waals surface area contributed by atoms with Gasteiger partial charge in [-0.3, -0.25) is 4.79 Å². The van der Waals surface area contributed by atoms with E-state index >= 15 is 0 Å². The molecule has 0 atom stereocenters. The summed E-state index contributed by atoms with van der Waals surface area (Å²) in [4.78, 5) is 12.5. The van der Waals surface area contributed by atoms with E-state index in [2.05, 4.69) is 5.10 Å². The van der Waals surface area contributed by atoms with Crippen LogP contribution in [0.3, 0.4) is 0 Å². The van der Waals surface area contributed by atoms with E-state index in [4.69, 9.17) is 9.47 Å². The predicted molar refractivity (Wildman–Crippen MR) is 98.9 cm³/mol. The lowest BCUT2D eigenvalue weighted by molar-refractivity contribution is 0.104. The smallest absolute Gasteiger partial charge is 0.231 e. The molecule has 4 rings (SSSR count). The lowest BCUT2D eigenvalue weighted by Crippen LogP contribution is -2.02. The van der Waals surface area contributed by atoms with Crippen molar-refractivity contribution < 1.29 is 23.0 Å². The van der Waals surface area contributed by atoms with Crippen LogP contribution in [0.1, 0.15) is 27.3 Å². The number of fused-ring (bicyclic) bond motifs is 1. The van der Waals surface area contributed by atoms with Gasteiger partial charge in [0.1, 0.15) is 11.5 Å². The number of halogens is 2. The molecule has 1 aliphatic heterocycles. The molecule has 2 aromatic carbocycles. The number of ketones is 1. The van der Waals surface area contributed by atoms with Crippen molar-refractivity contribution in [2.24, 2.45) is 0 Å². The largest absolute Gasteiger partial charge is 0.454 e. The molecule has 0 aliphatic carbocycles. The van der Waals surface area contributed by atoms with Crippen molar-refractivity contribution in [2.75, 3.05) is 6.79 Å². The first-order valence-corrected chi connectivity index (χ1v) is 8.58. The fraction of sp³-hybridized carbons (Fsp3) is 0.143. The number of hydrogen-bond donors (Lipinski definition) is 0. The first-order chi connectivity index (χ1) is 13.4. The second-order valence-electron chi connectivity index (χ2n) is 6.36. The Hall–Kier alpha value is -3.48. The third kappa shape index (κ3) is 3.15. The minimum atomic E-state index is -0.711. The van der Waals surface area contributed by atoms with Gasteiger partial charge in [0.05, 0.1) is 5.69 Å². The fourth-order valence-electron chi connectivity index (χ4n) is 3.09. The van der Waals surface area contributed by atoms with E-state index < -0.39 is 11.6 Å². The van der Waals surface area contributed by atoms with Gasteiger partial charge in [0.25, 0.3) is 0 Å². The van der Waals surface area contributed by atoms with Crippen molar-refractivity contribution in [1.29, 1.82) is 0 Å². The highest BCUT2D eigenvalue weighted by Gasteiger charge is 2.17. The molecule has 0 fully saturated rings.